The van der Waals surface area contributed by atoms with Crippen molar-refractivity contribution < 1.29 is 18.0 Å². The van der Waals surface area contributed by atoms with Gasteiger partial charge < -0.3 is 14.8 Å². The maximum atomic E-state index is 12.7. The van der Waals surface area contributed by atoms with Gasteiger partial charge in [-0.1, -0.05) is 0 Å². The predicted molar refractivity (Wildman–Crippen MR) is 115 cm³/mol. The van der Waals surface area contributed by atoms with Crippen LogP contribution in [0.1, 0.15) is 25.7 Å². The molecule has 3 heterocycles. The topological polar surface area (TPSA) is 105 Å². The number of rotatable bonds is 8. The van der Waals surface area contributed by atoms with Crippen LogP contribution in [0.15, 0.2) is 47.9 Å². The molecule has 9 nitrogen and oxygen atoms in total. The standard InChI is InChI=1S/C21H27N5O4S/c27-20-14-17(21(28)23-8-3-10-24-13-9-22-16-24)15-26(20)18-4-6-19(7-5-18)31(29,30)25-11-1-2-12-25/h4-7,9,13,16-17H,1-3,8,10-12,14-15H2,(H,23,28). The molecule has 1 aromatic heterocycles. The first-order chi connectivity index (χ1) is 14.9. The molecular formula is C21H27N5O4S. The van der Waals surface area contributed by atoms with E-state index in [2.05, 4.69) is 10.3 Å². The Bertz CT molecular complexity index is 1010. The molecule has 2 aromatic rings. The van der Waals surface area contributed by atoms with Crippen LogP contribution in [-0.4, -0.2) is 60.3 Å². The van der Waals surface area contributed by atoms with Gasteiger partial charge >= 0.3 is 0 Å². The third kappa shape index (κ3) is 4.80. The molecule has 0 bridgehead atoms. The highest BCUT2D eigenvalue weighted by molar-refractivity contribution is 7.89. The zero-order valence-corrected chi connectivity index (χ0v) is 18.1. The number of nitrogens with one attached hydrogen (secondary N) is 1. The number of aromatic nitrogens is 2. The summed E-state index contributed by atoms with van der Waals surface area (Å²) in [6.45, 7) is 2.69. The number of amides is 2. The monoisotopic (exact) mass is 445 g/mol. The Morgan fingerprint density at radius 3 is 2.58 bits per heavy atom. The van der Waals surface area contributed by atoms with Crippen LogP contribution in [0, 0.1) is 5.92 Å². The second-order valence-electron chi connectivity index (χ2n) is 7.96. The average molecular weight is 446 g/mol. The number of anilines is 1. The van der Waals surface area contributed by atoms with E-state index in [0.717, 1.165) is 25.8 Å². The van der Waals surface area contributed by atoms with Crippen molar-refractivity contribution in [3.8, 4) is 0 Å². The summed E-state index contributed by atoms with van der Waals surface area (Å²) in [7, 11) is -3.49. The molecule has 2 fully saturated rings. The van der Waals surface area contributed by atoms with Crippen LogP contribution in [0.2, 0.25) is 0 Å². The maximum Gasteiger partial charge on any atom is 0.243 e. The van der Waals surface area contributed by atoms with Gasteiger partial charge in [-0.25, -0.2) is 13.4 Å². The molecule has 1 unspecified atom stereocenters. The molecule has 0 spiro atoms. The van der Waals surface area contributed by atoms with E-state index in [4.69, 9.17) is 0 Å². The molecule has 1 atom stereocenters. The van der Waals surface area contributed by atoms with Crippen LogP contribution in [-0.2, 0) is 26.2 Å². The van der Waals surface area contributed by atoms with E-state index >= 15 is 0 Å². The van der Waals surface area contributed by atoms with Crippen molar-refractivity contribution in [2.75, 3.05) is 31.1 Å². The number of sulfonamides is 1. The third-order valence-electron chi connectivity index (χ3n) is 5.80. The van der Waals surface area contributed by atoms with E-state index in [1.807, 2.05) is 10.8 Å². The quantitative estimate of drug-likeness (QED) is 0.616. The fourth-order valence-corrected chi connectivity index (χ4v) is 5.56. The van der Waals surface area contributed by atoms with E-state index in [1.165, 1.54) is 4.31 Å². The number of carbonyl (C=O) groups excluding carboxylic acids is 2. The Kier molecular flexibility index (Phi) is 6.38. The second-order valence-corrected chi connectivity index (χ2v) is 9.89. The van der Waals surface area contributed by atoms with Gasteiger partial charge in [-0.2, -0.15) is 4.31 Å². The van der Waals surface area contributed by atoms with E-state index in [9.17, 15) is 18.0 Å². The minimum Gasteiger partial charge on any atom is -0.356 e. The Morgan fingerprint density at radius 2 is 1.90 bits per heavy atom. The van der Waals surface area contributed by atoms with Crippen LogP contribution in [0.25, 0.3) is 0 Å². The van der Waals surface area contributed by atoms with Gasteiger partial charge in [0, 0.05) is 57.2 Å². The number of hydrogen-bond donors (Lipinski definition) is 1. The lowest BCUT2D eigenvalue weighted by atomic mass is 10.1. The van der Waals surface area contributed by atoms with Gasteiger partial charge in [-0.3, -0.25) is 9.59 Å². The van der Waals surface area contributed by atoms with Crippen molar-refractivity contribution in [2.45, 2.75) is 37.1 Å². The van der Waals surface area contributed by atoms with Crippen molar-refractivity contribution in [1.29, 1.82) is 0 Å². The van der Waals surface area contributed by atoms with Crippen molar-refractivity contribution in [2.24, 2.45) is 5.92 Å². The number of nitrogens with zero attached hydrogens (tertiary/aromatic N) is 4. The molecule has 2 aliphatic heterocycles. The smallest absolute Gasteiger partial charge is 0.243 e. The molecule has 1 N–H and O–H groups in total. The lowest BCUT2D eigenvalue weighted by Crippen LogP contribution is -2.33. The number of carbonyl (C=O) groups is 2. The van der Waals surface area contributed by atoms with Gasteiger partial charge in [0.05, 0.1) is 17.1 Å². The molecule has 31 heavy (non-hydrogen) atoms. The van der Waals surface area contributed by atoms with Crippen LogP contribution in [0.5, 0.6) is 0 Å². The highest BCUT2D eigenvalue weighted by Crippen LogP contribution is 2.28. The highest BCUT2D eigenvalue weighted by atomic mass is 32.2. The molecule has 166 valence electrons. The summed E-state index contributed by atoms with van der Waals surface area (Å²) >= 11 is 0. The van der Waals surface area contributed by atoms with Gasteiger partial charge in [0.15, 0.2) is 0 Å². The Labute approximate surface area is 182 Å². The predicted octanol–water partition coefficient (Wildman–Crippen LogP) is 1.23. The maximum absolute atomic E-state index is 12.7. The first-order valence-electron chi connectivity index (χ1n) is 10.6. The number of hydrogen-bond acceptors (Lipinski definition) is 5. The Morgan fingerprint density at radius 1 is 1.16 bits per heavy atom. The SMILES string of the molecule is O=C(NCCCn1ccnc1)C1CC(=O)N(c2ccc(S(=O)(=O)N3CCCC3)cc2)C1. The van der Waals surface area contributed by atoms with E-state index < -0.39 is 15.9 Å². The van der Waals surface area contributed by atoms with Gasteiger partial charge in [0.2, 0.25) is 21.8 Å². The first kappa shape index (κ1) is 21.5. The number of benzene rings is 1. The Hall–Kier alpha value is -2.72. The van der Waals surface area contributed by atoms with Gasteiger partial charge in [-0.15, -0.1) is 0 Å². The van der Waals surface area contributed by atoms with E-state index in [0.29, 0.717) is 31.9 Å². The number of aryl methyl sites for hydroxylation is 1. The van der Waals surface area contributed by atoms with Crippen LogP contribution < -0.4 is 10.2 Å². The molecule has 2 amide bonds. The van der Waals surface area contributed by atoms with E-state index in [-0.39, 0.29) is 23.1 Å². The van der Waals surface area contributed by atoms with Crippen molar-refractivity contribution in [3.63, 3.8) is 0 Å². The average Bonchev–Trinajstić information content (AvgIpc) is 3.53. The molecule has 1 aromatic carbocycles. The normalized spacial score (nSPS) is 19.8. The lowest BCUT2D eigenvalue weighted by molar-refractivity contribution is -0.126. The summed E-state index contributed by atoms with van der Waals surface area (Å²) in [5, 5.41) is 2.90. The Balaban J connectivity index is 1.31. The van der Waals surface area contributed by atoms with Gasteiger partial charge in [0.1, 0.15) is 0 Å². The van der Waals surface area contributed by atoms with Crippen molar-refractivity contribution in [1.82, 2.24) is 19.2 Å². The fraction of sp³-hybridized carbons (Fsp3) is 0.476. The fourth-order valence-electron chi connectivity index (χ4n) is 4.04. The molecule has 4 rings (SSSR count). The summed E-state index contributed by atoms with van der Waals surface area (Å²) in [6, 6.07) is 6.37. The first-order valence-corrected chi connectivity index (χ1v) is 12.0. The highest BCUT2D eigenvalue weighted by Gasteiger charge is 2.35. The van der Waals surface area contributed by atoms with Crippen molar-refractivity contribution >= 4 is 27.5 Å². The van der Waals surface area contributed by atoms with E-state index in [1.54, 1.807) is 41.7 Å². The van der Waals surface area contributed by atoms with Crippen LogP contribution in [0.3, 0.4) is 0 Å². The summed E-state index contributed by atoms with van der Waals surface area (Å²) in [6.07, 6.45) is 8.01. The summed E-state index contributed by atoms with van der Waals surface area (Å²) in [5.74, 6) is -0.669. The van der Waals surface area contributed by atoms with Crippen molar-refractivity contribution in [3.05, 3.63) is 43.0 Å². The number of imidazole rings is 1. The summed E-state index contributed by atoms with van der Waals surface area (Å²) in [4.78, 5) is 30.7. The molecule has 10 heteroatoms. The minimum absolute atomic E-state index is 0.130. The molecular weight excluding hydrogens is 418 g/mol. The molecule has 0 aliphatic carbocycles. The largest absolute Gasteiger partial charge is 0.356 e. The third-order valence-corrected chi connectivity index (χ3v) is 7.71. The van der Waals surface area contributed by atoms with Crippen LogP contribution in [0.4, 0.5) is 5.69 Å². The van der Waals surface area contributed by atoms with Gasteiger partial charge in [0.25, 0.3) is 0 Å². The lowest BCUT2D eigenvalue weighted by Gasteiger charge is -2.19. The van der Waals surface area contributed by atoms with Crippen LogP contribution >= 0.6 is 0 Å². The molecule has 0 radical (unpaired) electrons. The van der Waals surface area contributed by atoms with Gasteiger partial charge in [-0.05, 0) is 43.5 Å². The molecule has 2 aliphatic rings. The zero-order chi connectivity index (χ0) is 21.8. The molecule has 0 saturated carbocycles. The summed E-state index contributed by atoms with van der Waals surface area (Å²) < 4.78 is 28.8. The molecule has 2 saturated heterocycles. The minimum atomic E-state index is -3.49. The zero-order valence-electron chi connectivity index (χ0n) is 17.3. The summed E-state index contributed by atoms with van der Waals surface area (Å²) in [5.41, 5.74) is 0.612. The second kappa shape index (κ2) is 9.19.